The summed E-state index contributed by atoms with van der Waals surface area (Å²) in [5.41, 5.74) is 4.80. The molecule has 0 aliphatic heterocycles. The van der Waals surface area contributed by atoms with Crippen LogP contribution in [0.5, 0.6) is 0 Å². The molecule has 0 saturated carbocycles. The second-order valence-electron chi connectivity index (χ2n) is 1.19. The Morgan fingerprint density at radius 2 is 2.25 bits per heavy atom. The molecule has 5 N–H and O–H groups in total. The van der Waals surface area contributed by atoms with Crippen LogP contribution in [0, 0.1) is 5.41 Å². The van der Waals surface area contributed by atoms with E-state index in [2.05, 4.69) is 10.7 Å². The highest BCUT2D eigenvalue weighted by Gasteiger charge is 2.00. The van der Waals surface area contributed by atoms with Gasteiger partial charge in [0.25, 0.3) is 0 Å². The van der Waals surface area contributed by atoms with Crippen LogP contribution >= 0.6 is 0 Å². The molecule has 0 aromatic heterocycles. The number of carbonyl (C=O) groups is 1. The number of carbonyl (C=O) groups excluding carboxylic acids is 1. The van der Waals surface area contributed by atoms with Crippen molar-refractivity contribution in [3.05, 3.63) is 0 Å². The monoisotopic (exact) mass is 117 g/mol. The van der Waals surface area contributed by atoms with Gasteiger partial charge in [0.1, 0.15) is 12.3 Å². The normalized spacial score (nSPS) is 8.12. The Balaban J connectivity index is 3.40. The van der Waals surface area contributed by atoms with Crippen molar-refractivity contribution in [2.24, 2.45) is 11.6 Å². The van der Waals surface area contributed by atoms with Crippen LogP contribution in [0.3, 0.4) is 0 Å². The fourth-order valence-electron chi connectivity index (χ4n) is 0.197. The van der Waals surface area contributed by atoms with Crippen LogP contribution in [-0.2, 0) is 9.63 Å². The third kappa shape index (κ3) is 3.10. The summed E-state index contributed by atoms with van der Waals surface area (Å²) in [5.74, 6) is 3.47. The second kappa shape index (κ2) is 2.98. The number of nitrogens with one attached hydrogen (secondary N) is 1. The molecule has 0 aromatic carbocycles. The van der Waals surface area contributed by atoms with Crippen LogP contribution < -0.4 is 11.6 Å². The molecule has 0 bridgehead atoms. The van der Waals surface area contributed by atoms with Gasteiger partial charge in [-0.15, -0.1) is 0 Å². The van der Waals surface area contributed by atoms with E-state index in [1.807, 2.05) is 0 Å². The number of hydrogen-bond acceptors (Lipinski definition) is 4. The Morgan fingerprint density at radius 1 is 1.75 bits per heavy atom. The van der Waals surface area contributed by atoms with E-state index in [1.54, 1.807) is 0 Å². The van der Waals surface area contributed by atoms with Crippen LogP contribution in [0.4, 0.5) is 0 Å². The van der Waals surface area contributed by atoms with Crippen molar-refractivity contribution in [3.8, 4) is 0 Å². The summed E-state index contributed by atoms with van der Waals surface area (Å²) in [6.07, 6.45) is -0.240. The maximum atomic E-state index is 10.1. The molecule has 0 aliphatic rings. The molecule has 0 fully saturated rings. The Labute approximate surface area is 46.1 Å². The predicted molar refractivity (Wildman–Crippen MR) is 26.8 cm³/mol. The van der Waals surface area contributed by atoms with Crippen molar-refractivity contribution in [1.82, 2.24) is 0 Å². The van der Waals surface area contributed by atoms with E-state index in [-0.39, 0.29) is 12.3 Å². The van der Waals surface area contributed by atoms with E-state index in [0.29, 0.717) is 0 Å². The van der Waals surface area contributed by atoms with E-state index in [1.165, 1.54) is 0 Å². The highest BCUT2D eigenvalue weighted by Crippen LogP contribution is 1.77. The highest BCUT2D eigenvalue weighted by molar-refractivity contribution is 5.94. The standard InChI is InChI=1S/C3H7N3O2/c4-2(5)1-3(7)8-6/h1,6H2,(H3,4,5). The maximum Gasteiger partial charge on any atom is 0.331 e. The quantitative estimate of drug-likeness (QED) is 0.238. The van der Waals surface area contributed by atoms with Gasteiger partial charge in [0.2, 0.25) is 0 Å². The summed E-state index contributed by atoms with van der Waals surface area (Å²) in [5, 5.41) is 6.55. The van der Waals surface area contributed by atoms with Gasteiger partial charge in [-0.2, -0.15) is 5.90 Å². The number of amidine groups is 1. The minimum atomic E-state index is -0.697. The van der Waals surface area contributed by atoms with Gasteiger partial charge in [0, 0.05) is 0 Å². The second-order valence-corrected chi connectivity index (χ2v) is 1.19. The summed E-state index contributed by atoms with van der Waals surface area (Å²) in [7, 11) is 0. The minimum Gasteiger partial charge on any atom is -0.387 e. The van der Waals surface area contributed by atoms with E-state index >= 15 is 0 Å². The van der Waals surface area contributed by atoms with Crippen LogP contribution in [-0.4, -0.2) is 11.8 Å². The molecule has 5 heteroatoms. The first kappa shape index (κ1) is 6.90. The van der Waals surface area contributed by atoms with Crippen molar-refractivity contribution in [2.45, 2.75) is 6.42 Å². The molecule has 0 atom stereocenters. The lowest BCUT2D eigenvalue weighted by Crippen LogP contribution is -2.19. The molecule has 0 amide bonds. The van der Waals surface area contributed by atoms with E-state index < -0.39 is 5.97 Å². The fraction of sp³-hybridized carbons (Fsp3) is 0.333. The zero-order valence-electron chi connectivity index (χ0n) is 4.18. The zero-order valence-corrected chi connectivity index (χ0v) is 4.18. The number of rotatable bonds is 2. The summed E-state index contributed by atoms with van der Waals surface area (Å²) in [6, 6.07) is 0. The lowest BCUT2D eigenvalue weighted by molar-refractivity contribution is -0.142. The molecule has 0 aromatic rings. The average molecular weight is 117 g/mol. The Kier molecular flexibility index (Phi) is 2.57. The molecule has 0 radical (unpaired) electrons. The van der Waals surface area contributed by atoms with Gasteiger partial charge < -0.3 is 10.6 Å². The largest absolute Gasteiger partial charge is 0.387 e. The van der Waals surface area contributed by atoms with Crippen molar-refractivity contribution >= 4 is 11.8 Å². The van der Waals surface area contributed by atoms with Gasteiger partial charge in [-0.25, -0.2) is 4.79 Å². The Morgan fingerprint density at radius 3 is 2.38 bits per heavy atom. The van der Waals surface area contributed by atoms with Gasteiger partial charge >= 0.3 is 5.97 Å². The maximum absolute atomic E-state index is 10.1. The van der Waals surface area contributed by atoms with Gasteiger partial charge in [-0.05, 0) is 0 Å². The van der Waals surface area contributed by atoms with Crippen LogP contribution in [0.1, 0.15) is 6.42 Å². The molecule has 0 heterocycles. The third-order valence-corrected chi connectivity index (χ3v) is 0.466. The molecule has 0 spiro atoms. The van der Waals surface area contributed by atoms with Crippen LogP contribution in [0.2, 0.25) is 0 Å². The topological polar surface area (TPSA) is 102 Å². The van der Waals surface area contributed by atoms with Gasteiger partial charge in [0.05, 0.1) is 0 Å². The molecule has 46 valence electrons. The first-order valence-electron chi connectivity index (χ1n) is 1.89. The first-order chi connectivity index (χ1) is 3.66. The van der Waals surface area contributed by atoms with Gasteiger partial charge in [-0.1, -0.05) is 0 Å². The molecular weight excluding hydrogens is 110 g/mol. The van der Waals surface area contributed by atoms with Crippen LogP contribution in [0.15, 0.2) is 0 Å². The van der Waals surface area contributed by atoms with Crippen LogP contribution in [0.25, 0.3) is 0 Å². The summed E-state index contributed by atoms with van der Waals surface area (Å²) < 4.78 is 0. The lowest BCUT2D eigenvalue weighted by atomic mass is 10.4. The van der Waals surface area contributed by atoms with Gasteiger partial charge in [-0.3, -0.25) is 5.41 Å². The van der Waals surface area contributed by atoms with Crippen molar-refractivity contribution in [2.75, 3.05) is 0 Å². The molecule has 0 saturated heterocycles. The fourth-order valence-corrected chi connectivity index (χ4v) is 0.197. The number of hydrogen-bond donors (Lipinski definition) is 3. The zero-order chi connectivity index (χ0) is 6.57. The predicted octanol–water partition coefficient (Wildman–Crippen LogP) is -1.27. The van der Waals surface area contributed by atoms with E-state index in [9.17, 15) is 4.79 Å². The van der Waals surface area contributed by atoms with Gasteiger partial charge in [0.15, 0.2) is 0 Å². The van der Waals surface area contributed by atoms with E-state index in [4.69, 9.17) is 11.1 Å². The third-order valence-electron chi connectivity index (χ3n) is 0.466. The summed E-state index contributed by atoms with van der Waals surface area (Å²) in [4.78, 5) is 13.8. The molecule has 5 nitrogen and oxygen atoms in total. The summed E-state index contributed by atoms with van der Waals surface area (Å²) >= 11 is 0. The molecule has 8 heavy (non-hydrogen) atoms. The highest BCUT2D eigenvalue weighted by atomic mass is 16.7. The van der Waals surface area contributed by atoms with Crippen molar-refractivity contribution in [3.63, 3.8) is 0 Å². The lowest BCUT2D eigenvalue weighted by Gasteiger charge is -1.92. The smallest absolute Gasteiger partial charge is 0.331 e. The molecule has 0 rings (SSSR count). The van der Waals surface area contributed by atoms with Crippen molar-refractivity contribution < 1.29 is 9.63 Å². The Bertz CT molecular complexity index is 111. The molecule has 0 aliphatic carbocycles. The minimum absolute atomic E-state index is 0.240. The number of nitrogens with two attached hydrogens (primary N) is 2. The SMILES string of the molecule is N=C(N)CC(=O)ON. The Hall–Kier alpha value is -1.10. The molecule has 0 unspecified atom stereocenters. The summed E-state index contributed by atoms with van der Waals surface area (Å²) in [6.45, 7) is 0. The van der Waals surface area contributed by atoms with E-state index in [0.717, 1.165) is 0 Å². The van der Waals surface area contributed by atoms with Crippen molar-refractivity contribution in [1.29, 1.82) is 5.41 Å². The molecular formula is C3H7N3O2. The first-order valence-corrected chi connectivity index (χ1v) is 1.89. The average Bonchev–Trinajstić information content (AvgIpc) is 1.65.